The summed E-state index contributed by atoms with van der Waals surface area (Å²) in [4.78, 5) is 39.8. The molecular formula is C26H33NO7. The van der Waals surface area contributed by atoms with E-state index in [2.05, 4.69) is 5.32 Å². The van der Waals surface area contributed by atoms with Gasteiger partial charge < -0.3 is 24.3 Å². The minimum atomic E-state index is -0.963. The first-order valence-electron chi connectivity index (χ1n) is 11.4. The Morgan fingerprint density at radius 2 is 1.88 bits per heavy atom. The standard InChI is InChI=1S/C26H33NO7/c1-8-14(3)34-26(30)21-15(4)27-18-11-13(2)20(25(29)33-7)24(28)23(18)22(21)17-12-16(31-5)9-10-19(17)32-6/h9-10,12-14,20,22,27H,8,11H2,1-7H3/t13-,14+,20-,22-/m0/s1. The quantitative estimate of drug-likeness (QED) is 0.475. The maximum Gasteiger partial charge on any atom is 0.337 e. The fraction of sp³-hybridized carbons (Fsp3) is 0.500. The molecule has 1 aliphatic carbocycles. The van der Waals surface area contributed by atoms with Gasteiger partial charge in [-0.05, 0) is 50.8 Å². The maximum absolute atomic E-state index is 13.8. The van der Waals surface area contributed by atoms with Gasteiger partial charge in [-0.15, -0.1) is 0 Å². The van der Waals surface area contributed by atoms with E-state index in [9.17, 15) is 14.4 Å². The van der Waals surface area contributed by atoms with Crippen LogP contribution in [0.15, 0.2) is 40.7 Å². The second-order valence-electron chi connectivity index (χ2n) is 8.77. The molecule has 0 amide bonds. The molecule has 1 N–H and O–H groups in total. The van der Waals surface area contributed by atoms with Crippen LogP contribution in [0.1, 0.15) is 52.0 Å². The van der Waals surface area contributed by atoms with Crippen molar-refractivity contribution in [1.82, 2.24) is 5.32 Å². The molecule has 0 unspecified atom stereocenters. The van der Waals surface area contributed by atoms with Crippen LogP contribution in [0.2, 0.25) is 0 Å². The zero-order valence-corrected chi connectivity index (χ0v) is 20.8. The average molecular weight is 472 g/mol. The number of methoxy groups -OCH3 is 3. The largest absolute Gasteiger partial charge is 0.497 e. The summed E-state index contributed by atoms with van der Waals surface area (Å²) in [6, 6.07) is 5.23. The number of Topliss-reactive ketones (excluding diaryl/α,β-unsaturated/α-hetero) is 1. The third-order valence-corrected chi connectivity index (χ3v) is 6.59. The molecule has 0 saturated carbocycles. The fourth-order valence-corrected chi connectivity index (χ4v) is 4.66. The van der Waals surface area contributed by atoms with Crippen molar-refractivity contribution in [3.05, 3.63) is 46.3 Å². The summed E-state index contributed by atoms with van der Waals surface area (Å²) in [5.41, 5.74) is 2.51. The Morgan fingerprint density at radius 3 is 2.47 bits per heavy atom. The van der Waals surface area contributed by atoms with Gasteiger partial charge in [-0.25, -0.2) is 4.79 Å². The first-order chi connectivity index (χ1) is 16.2. The lowest BCUT2D eigenvalue weighted by atomic mass is 9.69. The van der Waals surface area contributed by atoms with Crippen LogP contribution in [0.25, 0.3) is 0 Å². The molecule has 0 radical (unpaired) electrons. The zero-order chi connectivity index (χ0) is 25.2. The van der Waals surface area contributed by atoms with Crippen LogP contribution in [0.5, 0.6) is 11.5 Å². The molecule has 0 saturated heterocycles. The lowest BCUT2D eigenvalue weighted by Crippen LogP contribution is -2.43. The van der Waals surface area contributed by atoms with E-state index in [0.29, 0.717) is 52.4 Å². The van der Waals surface area contributed by atoms with E-state index < -0.39 is 23.8 Å². The number of carbonyl (C=O) groups excluding carboxylic acids is 3. The molecular weight excluding hydrogens is 438 g/mol. The summed E-state index contributed by atoms with van der Waals surface area (Å²) < 4.78 is 21.7. The third-order valence-electron chi connectivity index (χ3n) is 6.59. The van der Waals surface area contributed by atoms with Crippen LogP contribution in [-0.2, 0) is 23.9 Å². The highest BCUT2D eigenvalue weighted by atomic mass is 16.5. The van der Waals surface area contributed by atoms with E-state index in [-0.39, 0.29) is 17.8 Å². The van der Waals surface area contributed by atoms with Gasteiger partial charge in [-0.1, -0.05) is 13.8 Å². The number of esters is 2. The highest BCUT2D eigenvalue weighted by Gasteiger charge is 2.48. The normalized spacial score (nSPS) is 23.0. The van der Waals surface area contributed by atoms with Crippen molar-refractivity contribution in [2.24, 2.45) is 11.8 Å². The topological polar surface area (TPSA) is 100 Å². The van der Waals surface area contributed by atoms with Crippen LogP contribution in [-0.4, -0.2) is 45.2 Å². The number of dihydropyridines is 1. The molecule has 2 aliphatic rings. The number of benzene rings is 1. The minimum Gasteiger partial charge on any atom is -0.497 e. The van der Waals surface area contributed by atoms with Gasteiger partial charge >= 0.3 is 11.9 Å². The third kappa shape index (κ3) is 4.54. The lowest BCUT2D eigenvalue weighted by Gasteiger charge is -2.38. The van der Waals surface area contributed by atoms with Crippen LogP contribution in [0, 0.1) is 11.8 Å². The lowest BCUT2D eigenvalue weighted by molar-refractivity contribution is -0.151. The van der Waals surface area contributed by atoms with Crippen LogP contribution in [0.3, 0.4) is 0 Å². The predicted octanol–water partition coefficient (Wildman–Crippen LogP) is 3.66. The number of ketones is 1. The van der Waals surface area contributed by atoms with Gasteiger partial charge in [0.2, 0.25) is 0 Å². The second kappa shape index (κ2) is 10.3. The summed E-state index contributed by atoms with van der Waals surface area (Å²) in [5.74, 6) is -2.48. The van der Waals surface area contributed by atoms with E-state index in [1.807, 2.05) is 20.8 Å². The molecule has 0 bridgehead atoms. The van der Waals surface area contributed by atoms with Crippen molar-refractivity contribution in [3.63, 3.8) is 0 Å². The highest BCUT2D eigenvalue weighted by Crippen LogP contribution is 2.48. The summed E-state index contributed by atoms with van der Waals surface area (Å²) in [6.07, 6.45) is 0.795. The van der Waals surface area contributed by atoms with Crippen LogP contribution in [0.4, 0.5) is 0 Å². The number of ether oxygens (including phenoxy) is 4. The molecule has 8 nitrogen and oxygen atoms in total. The van der Waals surface area contributed by atoms with E-state index in [4.69, 9.17) is 18.9 Å². The Kier molecular flexibility index (Phi) is 7.69. The Bertz CT molecular complexity index is 1060. The van der Waals surface area contributed by atoms with Crippen LogP contribution < -0.4 is 14.8 Å². The van der Waals surface area contributed by atoms with Crippen molar-refractivity contribution < 1.29 is 33.3 Å². The predicted molar refractivity (Wildman–Crippen MR) is 125 cm³/mol. The zero-order valence-electron chi connectivity index (χ0n) is 20.8. The second-order valence-corrected chi connectivity index (χ2v) is 8.77. The Morgan fingerprint density at radius 1 is 1.18 bits per heavy atom. The number of hydrogen-bond donors (Lipinski definition) is 1. The molecule has 1 aromatic rings. The molecule has 8 heteroatoms. The van der Waals surface area contributed by atoms with Crippen molar-refractivity contribution in [2.75, 3.05) is 21.3 Å². The molecule has 1 aromatic carbocycles. The molecule has 184 valence electrons. The van der Waals surface area contributed by atoms with Crippen molar-refractivity contribution in [3.8, 4) is 11.5 Å². The van der Waals surface area contributed by atoms with Crippen molar-refractivity contribution in [1.29, 1.82) is 0 Å². The first-order valence-corrected chi connectivity index (χ1v) is 11.4. The number of carbonyl (C=O) groups is 3. The van der Waals surface area contributed by atoms with Crippen molar-refractivity contribution in [2.45, 2.75) is 52.6 Å². The van der Waals surface area contributed by atoms with Crippen molar-refractivity contribution >= 4 is 17.7 Å². The number of hydrogen-bond acceptors (Lipinski definition) is 8. The van der Waals surface area contributed by atoms with E-state index >= 15 is 0 Å². The Balaban J connectivity index is 2.26. The van der Waals surface area contributed by atoms with Gasteiger partial charge in [0.15, 0.2) is 5.78 Å². The minimum absolute atomic E-state index is 0.263. The molecule has 1 heterocycles. The summed E-state index contributed by atoms with van der Waals surface area (Å²) in [6.45, 7) is 7.38. The van der Waals surface area contributed by atoms with Gasteiger partial charge in [0, 0.05) is 22.5 Å². The fourth-order valence-electron chi connectivity index (χ4n) is 4.66. The molecule has 0 aromatic heterocycles. The van der Waals surface area contributed by atoms with E-state index in [1.165, 1.54) is 14.2 Å². The highest BCUT2D eigenvalue weighted by molar-refractivity contribution is 6.12. The molecule has 3 rings (SSSR count). The first kappa shape index (κ1) is 25.3. The molecule has 34 heavy (non-hydrogen) atoms. The van der Waals surface area contributed by atoms with Gasteiger partial charge in [-0.2, -0.15) is 0 Å². The number of allylic oxidation sites excluding steroid dienone is 3. The van der Waals surface area contributed by atoms with E-state index in [1.54, 1.807) is 32.2 Å². The average Bonchev–Trinajstić information content (AvgIpc) is 2.82. The SMILES string of the molecule is CC[C@@H](C)OC(=O)C1=C(C)NC2=C(C(=O)[C@@H](C(=O)OC)[C@@H](C)C2)[C@H]1c1cc(OC)ccc1OC. The monoisotopic (exact) mass is 471 g/mol. The Hall–Kier alpha value is -3.29. The van der Waals surface area contributed by atoms with Gasteiger partial charge in [0.25, 0.3) is 0 Å². The maximum atomic E-state index is 13.8. The number of rotatable bonds is 7. The van der Waals surface area contributed by atoms with Gasteiger partial charge in [0.05, 0.1) is 38.9 Å². The van der Waals surface area contributed by atoms with Crippen LogP contribution >= 0.6 is 0 Å². The van der Waals surface area contributed by atoms with Gasteiger partial charge in [0.1, 0.15) is 17.4 Å². The molecule has 1 aliphatic heterocycles. The molecule has 0 spiro atoms. The smallest absolute Gasteiger partial charge is 0.337 e. The number of nitrogens with one attached hydrogen (secondary N) is 1. The van der Waals surface area contributed by atoms with E-state index in [0.717, 1.165) is 0 Å². The summed E-state index contributed by atoms with van der Waals surface area (Å²) >= 11 is 0. The van der Waals surface area contributed by atoms with Gasteiger partial charge in [-0.3, -0.25) is 9.59 Å². The Labute approximate surface area is 200 Å². The molecule has 4 atom stereocenters. The molecule has 0 fully saturated rings. The summed E-state index contributed by atoms with van der Waals surface area (Å²) in [5, 5.41) is 3.26. The summed E-state index contributed by atoms with van der Waals surface area (Å²) in [7, 11) is 4.34.